The van der Waals surface area contributed by atoms with E-state index in [0.29, 0.717) is 23.1 Å². The van der Waals surface area contributed by atoms with Crippen LogP contribution in [-0.4, -0.2) is 33.2 Å². The van der Waals surface area contributed by atoms with E-state index in [2.05, 4.69) is 23.1 Å². The lowest BCUT2D eigenvalue weighted by Crippen LogP contribution is -2.46. The molecule has 0 saturated carbocycles. The number of allylic oxidation sites excluding steroid dienone is 1. The average molecular weight is 406 g/mol. The maximum Gasteiger partial charge on any atom is 0.269 e. The Morgan fingerprint density at radius 1 is 1.17 bits per heavy atom. The fraction of sp³-hybridized carbons (Fsp3) is 0.238. The molecule has 2 aromatic carbocycles. The molecule has 1 saturated heterocycles. The Morgan fingerprint density at radius 2 is 1.90 bits per heavy atom. The van der Waals surface area contributed by atoms with Crippen molar-refractivity contribution in [2.24, 2.45) is 0 Å². The molecule has 8 heteroatoms. The number of fused-ring (bicyclic) bond motifs is 1. The largest absolute Gasteiger partial charge is 0.292 e. The number of amides is 1. The van der Waals surface area contributed by atoms with E-state index < -0.39 is 4.92 Å². The summed E-state index contributed by atoms with van der Waals surface area (Å²) in [5.74, 6) is 0.284. The lowest BCUT2D eigenvalue weighted by atomic mass is 9.86. The Balaban J connectivity index is 1.58. The molecule has 1 amide bonds. The lowest BCUT2D eigenvalue weighted by molar-refractivity contribution is -0.384. The summed E-state index contributed by atoms with van der Waals surface area (Å²) in [6, 6.07) is 18.5. The maximum absolute atomic E-state index is 12.9. The number of carbonyl (C=O) groups excluding carboxylic acids is 1. The molecular formula is C21H18N4O3S. The van der Waals surface area contributed by atoms with E-state index in [9.17, 15) is 20.2 Å². The van der Waals surface area contributed by atoms with E-state index in [-0.39, 0.29) is 23.9 Å². The predicted octanol–water partition coefficient (Wildman–Crippen LogP) is 3.81. The van der Waals surface area contributed by atoms with Crippen LogP contribution in [0, 0.1) is 21.4 Å². The van der Waals surface area contributed by atoms with Crippen molar-refractivity contribution in [1.82, 2.24) is 9.80 Å². The minimum Gasteiger partial charge on any atom is -0.292 e. The summed E-state index contributed by atoms with van der Waals surface area (Å²) in [7, 11) is 0. The number of carbonyl (C=O) groups is 1. The van der Waals surface area contributed by atoms with E-state index in [1.165, 1.54) is 29.5 Å². The van der Waals surface area contributed by atoms with Gasteiger partial charge in [0.25, 0.3) is 5.69 Å². The molecule has 0 N–H and O–H groups in total. The second-order valence-electron chi connectivity index (χ2n) is 6.99. The number of nitro groups is 1. The number of hydrogen-bond donors (Lipinski definition) is 0. The highest BCUT2D eigenvalue weighted by Crippen LogP contribution is 2.42. The van der Waals surface area contributed by atoms with E-state index in [4.69, 9.17) is 0 Å². The van der Waals surface area contributed by atoms with Gasteiger partial charge in [0.05, 0.1) is 34.1 Å². The van der Waals surface area contributed by atoms with Crippen molar-refractivity contribution in [3.63, 3.8) is 0 Å². The van der Waals surface area contributed by atoms with Crippen molar-refractivity contribution >= 4 is 23.4 Å². The Morgan fingerprint density at radius 3 is 2.55 bits per heavy atom. The molecule has 29 heavy (non-hydrogen) atoms. The van der Waals surface area contributed by atoms with E-state index in [0.717, 1.165) is 12.1 Å². The molecule has 0 spiro atoms. The molecule has 2 aromatic rings. The minimum atomic E-state index is -0.459. The lowest BCUT2D eigenvalue weighted by Gasteiger charge is -2.41. The topological polar surface area (TPSA) is 90.5 Å². The molecule has 0 aliphatic carbocycles. The van der Waals surface area contributed by atoms with Gasteiger partial charge in [0.2, 0.25) is 5.91 Å². The molecule has 2 aliphatic rings. The van der Waals surface area contributed by atoms with Crippen molar-refractivity contribution in [2.45, 2.75) is 18.9 Å². The highest BCUT2D eigenvalue weighted by Gasteiger charge is 2.38. The quantitative estimate of drug-likeness (QED) is 0.566. The predicted molar refractivity (Wildman–Crippen MR) is 109 cm³/mol. The molecule has 146 valence electrons. The second kappa shape index (κ2) is 8.07. The molecule has 0 radical (unpaired) electrons. The fourth-order valence-corrected chi connectivity index (χ4v) is 4.80. The molecule has 1 fully saturated rings. The zero-order valence-corrected chi connectivity index (χ0v) is 16.3. The van der Waals surface area contributed by atoms with Crippen LogP contribution in [-0.2, 0) is 11.3 Å². The average Bonchev–Trinajstić information content (AvgIpc) is 2.75. The Bertz CT molecular complexity index is 1010. The van der Waals surface area contributed by atoms with Crippen LogP contribution in [0.25, 0.3) is 0 Å². The first-order chi connectivity index (χ1) is 14.1. The van der Waals surface area contributed by atoms with Gasteiger partial charge in [0.1, 0.15) is 0 Å². The van der Waals surface area contributed by atoms with Crippen molar-refractivity contribution in [2.75, 3.05) is 12.5 Å². The van der Waals surface area contributed by atoms with Gasteiger partial charge < -0.3 is 0 Å². The van der Waals surface area contributed by atoms with Crippen molar-refractivity contribution < 1.29 is 9.72 Å². The van der Waals surface area contributed by atoms with Gasteiger partial charge in [-0.15, -0.1) is 0 Å². The van der Waals surface area contributed by atoms with Crippen LogP contribution in [0.4, 0.5) is 5.69 Å². The van der Waals surface area contributed by atoms with Crippen molar-refractivity contribution in [3.05, 3.63) is 86.4 Å². The normalized spacial score (nSPS) is 19.6. The molecular weight excluding hydrogens is 388 g/mol. The minimum absolute atomic E-state index is 0.00716. The Labute approximate surface area is 172 Å². The van der Waals surface area contributed by atoms with Crippen molar-refractivity contribution in [1.29, 1.82) is 5.26 Å². The zero-order valence-electron chi connectivity index (χ0n) is 15.5. The number of nitriles is 1. The first kappa shape index (κ1) is 19.2. The summed E-state index contributed by atoms with van der Waals surface area (Å²) in [6.07, 6.45) is 0.184. The van der Waals surface area contributed by atoms with Gasteiger partial charge in [-0.1, -0.05) is 54.2 Å². The summed E-state index contributed by atoms with van der Waals surface area (Å²) in [5, 5.41) is 21.4. The summed E-state index contributed by atoms with van der Waals surface area (Å²) < 4.78 is 0. The monoisotopic (exact) mass is 406 g/mol. The number of rotatable bonds is 4. The number of nitrogens with zero attached hydrogens (tertiary/aromatic N) is 4. The van der Waals surface area contributed by atoms with Gasteiger partial charge in [0.15, 0.2) is 0 Å². The van der Waals surface area contributed by atoms with Gasteiger partial charge in [-0.05, 0) is 11.1 Å². The number of thioether (sulfide) groups is 1. The molecule has 7 nitrogen and oxygen atoms in total. The van der Waals surface area contributed by atoms with E-state index in [1.54, 1.807) is 17.0 Å². The smallest absolute Gasteiger partial charge is 0.269 e. The SMILES string of the molecule is N#CC1=C2SCN(Cc3ccccc3)CN2C(=O)C[C@@H]1c1ccc([N+](=O)[O-])cc1. The van der Waals surface area contributed by atoms with Crippen LogP contribution in [0.1, 0.15) is 23.5 Å². The molecule has 1 atom stereocenters. The van der Waals surface area contributed by atoms with Crippen LogP contribution in [0.15, 0.2) is 65.2 Å². The fourth-order valence-electron chi connectivity index (χ4n) is 3.66. The van der Waals surface area contributed by atoms with Gasteiger partial charge in [-0.3, -0.25) is 24.7 Å². The van der Waals surface area contributed by atoms with Crippen LogP contribution >= 0.6 is 11.8 Å². The van der Waals surface area contributed by atoms with Crippen LogP contribution in [0.2, 0.25) is 0 Å². The van der Waals surface area contributed by atoms with Crippen LogP contribution in [0.3, 0.4) is 0 Å². The summed E-state index contributed by atoms with van der Waals surface area (Å²) in [6.45, 7) is 1.19. The molecule has 0 bridgehead atoms. The first-order valence-electron chi connectivity index (χ1n) is 9.15. The van der Waals surface area contributed by atoms with Crippen LogP contribution < -0.4 is 0 Å². The van der Waals surface area contributed by atoms with Crippen molar-refractivity contribution in [3.8, 4) is 6.07 Å². The molecule has 4 rings (SSSR count). The first-order valence-corrected chi connectivity index (χ1v) is 10.1. The Hall–Kier alpha value is -3.15. The van der Waals surface area contributed by atoms with Crippen LogP contribution in [0.5, 0.6) is 0 Å². The van der Waals surface area contributed by atoms with E-state index in [1.807, 2.05) is 18.2 Å². The standard InChI is InChI=1S/C21H18N4O3S/c22-11-19-18(16-6-8-17(9-7-16)25(27)28)10-20(26)24-13-23(14-29-21(19)24)12-15-4-2-1-3-5-15/h1-9,18H,10,12-14H2/t18-/m1/s1. The Kier molecular flexibility index (Phi) is 5.34. The number of benzene rings is 2. The van der Waals surface area contributed by atoms with E-state index >= 15 is 0 Å². The molecule has 2 aliphatic heterocycles. The molecule has 0 unspecified atom stereocenters. The third kappa shape index (κ3) is 3.88. The third-order valence-electron chi connectivity index (χ3n) is 5.10. The van der Waals surface area contributed by atoms with Gasteiger partial charge in [-0.2, -0.15) is 5.26 Å². The summed E-state index contributed by atoms with van der Waals surface area (Å²) >= 11 is 1.50. The second-order valence-corrected chi connectivity index (χ2v) is 7.92. The number of non-ortho nitro benzene ring substituents is 1. The molecule has 0 aromatic heterocycles. The highest BCUT2D eigenvalue weighted by molar-refractivity contribution is 8.03. The highest BCUT2D eigenvalue weighted by atomic mass is 32.2. The third-order valence-corrected chi connectivity index (χ3v) is 6.31. The number of hydrogen-bond acceptors (Lipinski definition) is 6. The van der Waals surface area contributed by atoms with Gasteiger partial charge >= 0.3 is 0 Å². The zero-order chi connectivity index (χ0) is 20.4. The summed E-state index contributed by atoms with van der Waals surface area (Å²) in [5.41, 5.74) is 2.48. The maximum atomic E-state index is 12.9. The van der Waals surface area contributed by atoms with Gasteiger partial charge in [0, 0.05) is 31.0 Å². The molecule has 2 heterocycles. The van der Waals surface area contributed by atoms with Gasteiger partial charge in [-0.25, -0.2) is 0 Å². The summed E-state index contributed by atoms with van der Waals surface area (Å²) in [4.78, 5) is 27.2. The number of nitro benzene ring substituents is 1.